The van der Waals surface area contributed by atoms with Gasteiger partial charge in [0.1, 0.15) is 11.5 Å². The molecular weight excluding hydrogens is 222 g/mol. The highest BCUT2D eigenvalue weighted by molar-refractivity contribution is 5.45. The van der Waals surface area contributed by atoms with Crippen LogP contribution in [0, 0.1) is 20.8 Å². The SMILES string of the molecule is Cc1ccc(Oc2c(C)cccc2CN)cc1C. The Morgan fingerprint density at radius 3 is 2.39 bits per heavy atom. The Bertz CT molecular complexity index is 561. The first-order valence-corrected chi connectivity index (χ1v) is 6.15. The van der Waals surface area contributed by atoms with Crippen LogP contribution in [0.3, 0.4) is 0 Å². The largest absolute Gasteiger partial charge is 0.457 e. The fourth-order valence-electron chi connectivity index (χ4n) is 1.92. The molecule has 0 aliphatic carbocycles. The molecule has 0 saturated carbocycles. The van der Waals surface area contributed by atoms with E-state index in [0.717, 1.165) is 22.6 Å². The summed E-state index contributed by atoms with van der Waals surface area (Å²) in [7, 11) is 0. The van der Waals surface area contributed by atoms with E-state index in [2.05, 4.69) is 26.0 Å². The number of rotatable bonds is 3. The standard InChI is InChI=1S/C16H19NO/c1-11-7-8-15(9-13(11)3)18-16-12(2)5-4-6-14(16)10-17/h4-9H,10,17H2,1-3H3. The Labute approximate surface area is 108 Å². The third-order valence-corrected chi connectivity index (χ3v) is 3.21. The van der Waals surface area contributed by atoms with E-state index in [1.165, 1.54) is 11.1 Å². The number of hydrogen-bond acceptors (Lipinski definition) is 2. The fraction of sp³-hybridized carbons (Fsp3) is 0.250. The van der Waals surface area contributed by atoms with E-state index >= 15 is 0 Å². The van der Waals surface area contributed by atoms with Crippen LogP contribution in [0.4, 0.5) is 0 Å². The molecule has 2 heteroatoms. The molecule has 0 radical (unpaired) electrons. The van der Waals surface area contributed by atoms with Crippen LogP contribution in [0.1, 0.15) is 22.3 Å². The van der Waals surface area contributed by atoms with E-state index in [-0.39, 0.29) is 0 Å². The average Bonchev–Trinajstić information content (AvgIpc) is 2.36. The second-order valence-corrected chi connectivity index (χ2v) is 4.62. The van der Waals surface area contributed by atoms with Crippen LogP contribution in [0.2, 0.25) is 0 Å². The fourth-order valence-corrected chi connectivity index (χ4v) is 1.92. The van der Waals surface area contributed by atoms with Gasteiger partial charge in [0, 0.05) is 12.1 Å². The minimum atomic E-state index is 0.488. The summed E-state index contributed by atoms with van der Waals surface area (Å²) in [5.41, 5.74) is 10.4. The van der Waals surface area contributed by atoms with Crippen molar-refractivity contribution in [1.82, 2.24) is 0 Å². The summed E-state index contributed by atoms with van der Waals surface area (Å²) in [5.74, 6) is 1.74. The van der Waals surface area contributed by atoms with Gasteiger partial charge >= 0.3 is 0 Å². The Morgan fingerprint density at radius 1 is 0.944 bits per heavy atom. The normalized spacial score (nSPS) is 10.4. The van der Waals surface area contributed by atoms with Crippen molar-refractivity contribution in [2.45, 2.75) is 27.3 Å². The predicted octanol–water partition coefficient (Wildman–Crippen LogP) is 3.86. The van der Waals surface area contributed by atoms with Gasteiger partial charge in [-0.25, -0.2) is 0 Å². The molecule has 2 aromatic carbocycles. The van der Waals surface area contributed by atoms with Crippen molar-refractivity contribution in [2.75, 3.05) is 0 Å². The summed E-state index contributed by atoms with van der Waals surface area (Å²) in [5, 5.41) is 0. The van der Waals surface area contributed by atoms with Gasteiger partial charge in [-0.2, -0.15) is 0 Å². The number of aryl methyl sites for hydroxylation is 3. The van der Waals surface area contributed by atoms with E-state index in [1.54, 1.807) is 0 Å². The lowest BCUT2D eigenvalue weighted by Gasteiger charge is -2.13. The van der Waals surface area contributed by atoms with Crippen molar-refractivity contribution >= 4 is 0 Å². The molecule has 2 aromatic rings. The van der Waals surface area contributed by atoms with Gasteiger partial charge in [-0.3, -0.25) is 0 Å². The Morgan fingerprint density at radius 2 is 1.72 bits per heavy atom. The molecule has 94 valence electrons. The van der Waals surface area contributed by atoms with Crippen LogP contribution >= 0.6 is 0 Å². The first kappa shape index (κ1) is 12.7. The van der Waals surface area contributed by atoms with Gasteiger partial charge in [-0.15, -0.1) is 0 Å². The van der Waals surface area contributed by atoms with Crippen molar-refractivity contribution in [2.24, 2.45) is 5.73 Å². The van der Waals surface area contributed by atoms with E-state index in [1.807, 2.05) is 31.2 Å². The van der Waals surface area contributed by atoms with E-state index in [9.17, 15) is 0 Å². The topological polar surface area (TPSA) is 35.2 Å². The molecule has 0 bridgehead atoms. The van der Waals surface area contributed by atoms with Gasteiger partial charge in [0.2, 0.25) is 0 Å². The van der Waals surface area contributed by atoms with Crippen LogP contribution in [0.5, 0.6) is 11.5 Å². The van der Waals surface area contributed by atoms with Crippen LogP contribution in [-0.4, -0.2) is 0 Å². The number of benzene rings is 2. The van der Waals surface area contributed by atoms with Crippen molar-refractivity contribution < 1.29 is 4.74 Å². The monoisotopic (exact) mass is 241 g/mol. The smallest absolute Gasteiger partial charge is 0.134 e. The summed E-state index contributed by atoms with van der Waals surface area (Å²) in [4.78, 5) is 0. The summed E-state index contributed by atoms with van der Waals surface area (Å²) in [6.07, 6.45) is 0. The van der Waals surface area contributed by atoms with Crippen LogP contribution < -0.4 is 10.5 Å². The lowest BCUT2D eigenvalue weighted by molar-refractivity contribution is 0.472. The Kier molecular flexibility index (Phi) is 3.68. The summed E-state index contributed by atoms with van der Waals surface area (Å²) >= 11 is 0. The van der Waals surface area contributed by atoms with E-state index < -0.39 is 0 Å². The first-order valence-electron chi connectivity index (χ1n) is 6.15. The third-order valence-electron chi connectivity index (χ3n) is 3.21. The van der Waals surface area contributed by atoms with Gasteiger partial charge in [-0.1, -0.05) is 24.3 Å². The van der Waals surface area contributed by atoms with Gasteiger partial charge in [0.25, 0.3) is 0 Å². The molecule has 0 unspecified atom stereocenters. The third kappa shape index (κ3) is 2.54. The minimum Gasteiger partial charge on any atom is -0.457 e. The van der Waals surface area contributed by atoms with Crippen LogP contribution in [0.25, 0.3) is 0 Å². The molecule has 0 aliphatic heterocycles. The molecule has 2 rings (SSSR count). The highest BCUT2D eigenvalue weighted by Gasteiger charge is 2.07. The van der Waals surface area contributed by atoms with Gasteiger partial charge < -0.3 is 10.5 Å². The summed E-state index contributed by atoms with van der Waals surface area (Å²) < 4.78 is 5.99. The van der Waals surface area contributed by atoms with Crippen molar-refractivity contribution in [3.8, 4) is 11.5 Å². The zero-order valence-corrected chi connectivity index (χ0v) is 11.2. The van der Waals surface area contributed by atoms with Crippen molar-refractivity contribution in [3.63, 3.8) is 0 Å². The molecule has 0 amide bonds. The molecule has 0 aliphatic rings. The Hall–Kier alpha value is -1.80. The lowest BCUT2D eigenvalue weighted by atomic mass is 10.1. The quantitative estimate of drug-likeness (QED) is 0.885. The van der Waals surface area contributed by atoms with E-state index in [4.69, 9.17) is 10.5 Å². The number of hydrogen-bond donors (Lipinski definition) is 1. The number of nitrogens with two attached hydrogens (primary N) is 1. The van der Waals surface area contributed by atoms with Crippen LogP contribution in [0.15, 0.2) is 36.4 Å². The van der Waals surface area contributed by atoms with Gasteiger partial charge in [-0.05, 0) is 49.6 Å². The van der Waals surface area contributed by atoms with E-state index in [0.29, 0.717) is 6.54 Å². The van der Waals surface area contributed by atoms with Crippen LogP contribution in [-0.2, 0) is 6.54 Å². The molecule has 0 saturated heterocycles. The number of ether oxygens (including phenoxy) is 1. The molecule has 0 fully saturated rings. The predicted molar refractivity (Wildman–Crippen MR) is 75.1 cm³/mol. The lowest BCUT2D eigenvalue weighted by Crippen LogP contribution is -2.01. The molecule has 2 N–H and O–H groups in total. The molecule has 18 heavy (non-hydrogen) atoms. The molecular formula is C16H19NO. The zero-order chi connectivity index (χ0) is 13.1. The highest BCUT2D eigenvalue weighted by atomic mass is 16.5. The molecule has 0 atom stereocenters. The van der Waals surface area contributed by atoms with Crippen molar-refractivity contribution in [1.29, 1.82) is 0 Å². The minimum absolute atomic E-state index is 0.488. The molecule has 0 aromatic heterocycles. The van der Waals surface area contributed by atoms with Gasteiger partial charge in [0.15, 0.2) is 0 Å². The highest BCUT2D eigenvalue weighted by Crippen LogP contribution is 2.29. The number of para-hydroxylation sites is 1. The molecule has 0 heterocycles. The average molecular weight is 241 g/mol. The Balaban J connectivity index is 2.36. The maximum absolute atomic E-state index is 5.99. The maximum atomic E-state index is 5.99. The molecule has 0 spiro atoms. The van der Waals surface area contributed by atoms with Gasteiger partial charge in [0.05, 0.1) is 0 Å². The van der Waals surface area contributed by atoms with Crippen molar-refractivity contribution in [3.05, 3.63) is 58.7 Å². The second kappa shape index (κ2) is 5.23. The molecule has 2 nitrogen and oxygen atoms in total. The summed E-state index contributed by atoms with van der Waals surface area (Å²) in [6, 6.07) is 12.2. The maximum Gasteiger partial charge on any atom is 0.134 e. The first-order chi connectivity index (χ1) is 8.61. The zero-order valence-electron chi connectivity index (χ0n) is 11.2. The summed E-state index contributed by atoms with van der Waals surface area (Å²) in [6.45, 7) is 6.71. The second-order valence-electron chi connectivity index (χ2n) is 4.62.